The molecule has 2 bridgehead atoms. The summed E-state index contributed by atoms with van der Waals surface area (Å²) in [6.07, 6.45) is 1.39. The maximum atomic E-state index is 3.50. The highest BCUT2D eigenvalue weighted by Gasteiger charge is 2.38. The summed E-state index contributed by atoms with van der Waals surface area (Å²) < 4.78 is 0. The van der Waals surface area contributed by atoms with Crippen LogP contribution in [0.5, 0.6) is 0 Å². The Morgan fingerprint density at radius 3 is 2.60 bits per heavy atom. The lowest BCUT2D eigenvalue weighted by Gasteiger charge is -2.30. The van der Waals surface area contributed by atoms with Crippen molar-refractivity contribution < 1.29 is 0 Å². The molecule has 2 heteroatoms. The molecular weight excluding hydrogens is 124 g/mol. The Balaban J connectivity index is 2.02. The summed E-state index contributed by atoms with van der Waals surface area (Å²) in [5, 5.41) is 3.50. The van der Waals surface area contributed by atoms with Gasteiger partial charge in [0.25, 0.3) is 0 Å². The van der Waals surface area contributed by atoms with Gasteiger partial charge in [-0.1, -0.05) is 0 Å². The van der Waals surface area contributed by atoms with Crippen molar-refractivity contribution in [2.75, 3.05) is 13.1 Å². The van der Waals surface area contributed by atoms with Crippen LogP contribution in [-0.4, -0.2) is 36.1 Å². The van der Waals surface area contributed by atoms with E-state index in [0.29, 0.717) is 0 Å². The Labute approximate surface area is 62.6 Å². The van der Waals surface area contributed by atoms with Crippen molar-refractivity contribution in [1.82, 2.24) is 10.2 Å². The zero-order chi connectivity index (χ0) is 7.14. The van der Waals surface area contributed by atoms with Crippen molar-refractivity contribution in [1.29, 1.82) is 0 Å². The summed E-state index contributed by atoms with van der Waals surface area (Å²) in [6, 6.07) is 2.41. The van der Waals surface area contributed by atoms with Gasteiger partial charge in [-0.2, -0.15) is 0 Å². The SMILES string of the molecule is CC(C)N1C[C@@H]2CC1CN2. The molecule has 2 rings (SSSR count). The van der Waals surface area contributed by atoms with Gasteiger partial charge in [0, 0.05) is 31.2 Å². The monoisotopic (exact) mass is 140 g/mol. The number of likely N-dealkylation sites (tertiary alicyclic amines) is 1. The van der Waals surface area contributed by atoms with Crippen LogP contribution in [0.2, 0.25) is 0 Å². The number of fused-ring (bicyclic) bond motifs is 2. The van der Waals surface area contributed by atoms with Crippen molar-refractivity contribution in [3.8, 4) is 0 Å². The van der Waals surface area contributed by atoms with Gasteiger partial charge in [0.2, 0.25) is 0 Å². The van der Waals surface area contributed by atoms with Crippen molar-refractivity contribution in [2.45, 2.75) is 38.4 Å². The molecule has 58 valence electrons. The van der Waals surface area contributed by atoms with Gasteiger partial charge < -0.3 is 5.32 Å². The average molecular weight is 140 g/mol. The molecule has 2 nitrogen and oxygen atoms in total. The predicted molar refractivity (Wildman–Crippen MR) is 42.0 cm³/mol. The first-order valence-corrected chi connectivity index (χ1v) is 4.26. The van der Waals surface area contributed by atoms with Gasteiger partial charge >= 0.3 is 0 Å². The summed E-state index contributed by atoms with van der Waals surface area (Å²) in [5.74, 6) is 0. The van der Waals surface area contributed by atoms with E-state index in [1.54, 1.807) is 0 Å². The zero-order valence-corrected chi connectivity index (χ0v) is 6.80. The molecule has 0 aromatic heterocycles. The lowest BCUT2D eigenvalue weighted by atomic mass is 10.2. The number of hydrogen-bond acceptors (Lipinski definition) is 2. The van der Waals surface area contributed by atoms with Crippen LogP contribution < -0.4 is 5.32 Å². The van der Waals surface area contributed by atoms with E-state index >= 15 is 0 Å². The fraction of sp³-hybridized carbons (Fsp3) is 1.00. The molecule has 0 saturated carbocycles. The van der Waals surface area contributed by atoms with Gasteiger partial charge in [0.1, 0.15) is 0 Å². The minimum absolute atomic E-state index is 0.747. The molecular formula is C8H16N2. The van der Waals surface area contributed by atoms with Crippen LogP contribution in [0, 0.1) is 0 Å². The second kappa shape index (κ2) is 2.21. The van der Waals surface area contributed by atoms with E-state index in [9.17, 15) is 0 Å². The van der Waals surface area contributed by atoms with Crippen molar-refractivity contribution in [2.24, 2.45) is 0 Å². The summed E-state index contributed by atoms with van der Waals surface area (Å²) in [4.78, 5) is 2.61. The molecule has 2 aliphatic heterocycles. The number of hydrogen-bond donors (Lipinski definition) is 1. The highest BCUT2D eigenvalue weighted by atomic mass is 15.3. The number of rotatable bonds is 1. The van der Waals surface area contributed by atoms with Crippen molar-refractivity contribution in [3.05, 3.63) is 0 Å². The first-order valence-electron chi connectivity index (χ1n) is 4.26. The molecule has 0 radical (unpaired) electrons. The Morgan fingerprint density at radius 2 is 2.30 bits per heavy atom. The van der Waals surface area contributed by atoms with E-state index in [1.807, 2.05) is 0 Å². The lowest BCUT2D eigenvalue weighted by Crippen LogP contribution is -2.46. The Bertz CT molecular complexity index is 133. The van der Waals surface area contributed by atoms with E-state index in [2.05, 4.69) is 24.1 Å². The first-order chi connectivity index (χ1) is 4.77. The van der Waals surface area contributed by atoms with Gasteiger partial charge in [-0.05, 0) is 20.3 Å². The third kappa shape index (κ3) is 0.867. The van der Waals surface area contributed by atoms with Gasteiger partial charge in [-0.3, -0.25) is 4.90 Å². The highest BCUT2D eigenvalue weighted by Crippen LogP contribution is 2.24. The second-order valence-corrected chi connectivity index (χ2v) is 3.79. The van der Waals surface area contributed by atoms with Gasteiger partial charge in [0.15, 0.2) is 0 Å². The van der Waals surface area contributed by atoms with Crippen LogP contribution in [0.4, 0.5) is 0 Å². The Hall–Kier alpha value is -0.0800. The summed E-state index contributed by atoms with van der Waals surface area (Å²) >= 11 is 0. The van der Waals surface area contributed by atoms with Crippen molar-refractivity contribution in [3.63, 3.8) is 0 Å². The Kier molecular flexibility index (Phi) is 1.46. The van der Waals surface area contributed by atoms with Crippen LogP contribution in [0.1, 0.15) is 20.3 Å². The standard InChI is InChI=1S/C8H16N2/c1-6(2)10-5-7-3-8(10)4-9-7/h6-9H,3-5H2,1-2H3/t7-,8?/m0/s1. The van der Waals surface area contributed by atoms with E-state index in [0.717, 1.165) is 18.1 Å². The number of nitrogens with zero attached hydrogens (tertiary/aromatic N) is 1. The molecule has 2 heterocycles. The third-order valence-corrected chi connectivity index (χ3v) is 2.76. The Morgan fingerprint density at radius 1 is 1.50 bits per heavy atom. The largest absolute Gasteiger partial charge is 0.311 e. The fourth-order valence-electron chi connectivity index (χ4n) is 2.23. The fourth-order valence-corrected chi connectivity index (χ4v) is 2.23. The molecule has 0 aliphatic carbocycles. The topological polar surface area (TPSA) is 15.3 Å². The smallest absolute Gasteiger partial charge is 0.0239 e. The maximum Gasteiger partial charge on any atom is 0.0239 e. The first kappa shape index (κ1) is 6.62. The second-order valence-electron chi connectivity index (χ2n) is 3.79. The van der Waals surface area contributed by atoms with Crippen LogP contribution in [0.25, 0.3) is 0 Å². The molecule has 2 fully saturated rings. The van der Waals surface area contributed by atoms with Gasteiger partial charge in [-0.25, -0.2) is 0 Å². The van der Waals surface area contributed by atoms with Crippen molar-refractivity contribution >= 4 is 0 Å². The molecule has 2 aliphatic rings. The summed E-state index contributed by atoms with van der Waals surface area (Å²) in [6.45, 7) is 7.09. The minimum Gasteiger partial charge on any atom is -0.311 e. The molecule has 1 unspecified atom stereocenters. The molecule has 2 saturated heterocycles. The third-order valence-electron chi connectivity index (χ3n) is 2.76. The summed E-state index contributed by atoms with van der Waals surface area (Å²) in [7, 11) is 0. The van der Waals surface area contributed by atoms with Crippen LogP contribution in [-0.2, 0) is 0 Å². The summed E-state index contributed by atoms with van der Waals surface area (Å²) in [5.41, 5.74) is 0. The van der Waals surface area contributed by atoms with E-state index in [4.69, 9.17) is 0 Å². The normalized spacial score (nSPS) is 39.9. The minimum atomic E-state index is 0.747. The molecule has 2 atom stereocenters. The van der Waals surface area contributed by atoms with Gasteiger partial charge in [-0.15, -0.1) is 0 Å². The molecule has 0 aromatic carbocycles. The van der Waals surface area contributed by atoms with E-state index in [1.165, 1.54) is 19.5 Å². The van der Waals surface area contributed by atoms with E-state index < -0.39 is 0 Å². The van der Waals surface area contributed by atoms with Crippen LogP contribution >= 0.6 is 0 Å². The number of piperazine rings is 1. The molecule has 0 spiro atoms. The van der Waals surface area contributed by atoms with E-state index in [-0.39, 0.29) is 0 Å². The molecule has 0 amide bonds. The zero-order valence-electron chi connectivity index (χ0n) is 6.80. The van der Waals surface area contributed by atoms with Gasteiger partial charge in [0.05, 0.1) is 0 Å². The quantitative estimate of drug-likeness (QED) is 0.568. The number of nitrogens with one attached hydrogen (secondary N) is 1. The van der Waals surface area contributed by atoms with Crippen LogP contribution in [0.3, 0.4) is 0 Å². The highest BCUT2D eigenvalue weighted by molar-refractivity contribution is 4.98. The lowest BCUT2D eigenvalue weighted by molar-refractivity contribution is 0.181. The molecule has 0 aromatic rings. The maximum absolute atomic E-state index is 3.50. The average Bonchev–Trinajstić information content (AvgIpc) is 2.44. The van der Waals surface area contributed by atoms with Crippen LogP contribution in [0.15, 0.2) is 0 Å². The molecule has 1 N–H and O–H groups in total. The predicted octanol–water partition coefficient (Wildman–Crippen LogP) is 0.441. The molecule has 10 heavy (non-hydrogen) atoms.